The van der Waals surface area contributed by atoms with E-state index in [1.165, 1.54) is 12.8 Å². The molecule has 2 aliphatic rings. The second-order valence-electron chi connectivity index (χ2n) is 7.48. The quantitative estimate of drug-likeness (QED) is 0.770. The summed E-state index contributed by atoms with van der Waals surface area (Å²) in [5, 5.41) is 20.5. The number of likely N-dealkylation sites (tertiary alicyclic amines) is 1. The summed E-state index contributed by atoms with van der Waals surface area (Å²) in [5.41, 5.74) is 1.18. The van der Waals surface area contributed by atoms with Crippen LogP contribution >= 0.6 is 0 Å². The minimum absolute atomic E-state index is 0.0407. The molecule has 0 spiro atoms. The minimum Gasteiger partial charge on any atom is -0.505 e. The Hall–Kier alpha value is -2.96. The zero-order valence-electron chi connectivity index (χ0n) is 15.0. The number of aromatic nitrogens is 4. The van der Waals surface area contributed by atoms with Gasteiger partial charge in [0.25, 0.3) is 5.91 Å². The zero-order valence-corrected chi connectivity index (χ0v) is 15.0. The first-order valence-corrected chi connectivity index (χ1v) is 9.48. The van der Waals surface area contributed by atoms with Crippen molar-refractivity contribution in [2.45, 2.75) is 44.2 Å². The number of nitrogens with zero attached hydrogens (tertiary/aromatic N) is 5. The van der Waals surface area contributed by atoms with Gasteiger partial charge in [0, 0.05) is 35.6 Å². The lowest BCUT2D eigenvalue weighted by atomic mass is 10.1. The fourth-order valence-corrected chi connectivity index (χ4v) is 3.92. The molecule has 1 aliphatic heterocycles. The average Bonchev–Trinajstić information content (AvgIpc) is 3.26. The number of pyridine rings is 1. The van der Waals surface area contributed by atoms with Crippen molar-refractivity contribution in [2.75, 3.05) is 6.54 Å². The molecule has 1 N–H and O–H groups in total. The number of hydrogen-bond donors (Lipinski definition) is 1. The van der Waals surface area contributed by atoms with Crippen LogP contribution in [-0.4, -0.2) is 48.5 Å². The lowest BCUT2D eigenvalue weighted by molar-refractivity contribution is 0.0712. The topological polar surface area (TPSA) is 84.1 Å². The third-order valence-corrected chi connectivity index (χ3v) is 5.56. The van der Waals surface area contributed by atoms with Gasteiger partial charge < -0.3 is 10.0 Å². The van der Waals surface area contributed by atoms with E-state index >= 15 is 0 Å². The van der Waals surface area contributed by atoms with E-state index in [-0.39, 0.29) is 23.4 Å². The molecule has 1 aromatic carbocycles. The summed E-state index contributed by atoms with van der Waals surface area (Å²) in [7, 11) is 0. The Kier molecular flexibility index (Phi) is 3.81. The van der Waals surface area contributed by atoms with Gasteiger partial charge in [-0.2, -0.15) is 0 Å². The highest BCUT2D eigenvalue weighted by atomic mass is 16.3. The summed E-state index contributed by atoms with van der Waals surface area (Å²) >= 11 is 0. The predicted molar refractivity (Wildman–Crippen MR) is 99.5 cm³/mol. The molecule has 1 atom stereocenters. The largest absolute Gasteiger partial charge is 0.505 e. The fourth-order valence-electron chi connectivity index (χ4n) is 3.92. The van der Waals surface area contributed by atoms with Crippen LogP contribution in [0.1, 0.15) is 47.8 Å². The molecule has 138 valence electrons. The predicted octanol–water partition coefficient (Wildman–Crippen LogP) is 2.71. The molecule has 27 heavy (non-hydrogen) atoms. The van der Waals surface area contributed by atoms with Crippen molar-refractivity contribution in [3.8, 4) is 5.75 Å². The summed E-state index contributed by atoms with van der Waals surface area (Å²) in [4.78, 5) is 19.2. The normalized spacial score (nSPS) is 19.7. The third-order valence-electron chi connectivity index (χ3n) is 5.56. The Bertz CT molecular complexity index is 1010. The zero-order chi connectivity index (χ0) is 18.4. The van der Waals surface area contributed by atoms with E-state index in [4.69, 9.17) is 0 Å². The van der Waals surface area contributed by atoms with E-state index < -0.39 is 0 Å². The molecule has 2 fully saturated rings. The van der Waals surface area contributed by atoms with Crippen molar-refractivity contribution in [1.29, 1.82) is 0 Å². The molecular formula is C20H21N5O2. The maximum Gasteiger partial charge on any atom is 0.276 e. The number of amides is 1. The molecule has 0 unspecified atom stereocenters. The lowest BCUT2D eigenvalue weighted by Gasteiger charge is -2.24. The van der Waals surface area contributed by atoms with E-state index in [1.807, 2.05) is 34.0 Å². The summed E-state index contributed by atoms with van der Waals surface area (Å²) in [6.45, 7) is 1.29. The Balaban J connectivity index is 1.39. The standard InChI is InChI=1S/C20H21N5O2/c26-19-16-6-2-1-4-14(16)10-21-18(19)20(27)25-9-3-5-15(25)11-24-12-17(22-23-24)13-7-8-13/h1-2,4,6,10,12-13,15,26H,3,5,7-9,11H2/t15-/m0/s1. The van der Waals surface area contributed by atoms with E-state index in [9.17, 15) is 9.90 Å². The van der Waals surface area contributed by atoms with Crippen LogP contribution in [0.25, 0.3) is 10.8 Å². The van der Waals surface area contributed by atoms with Crippen molar-refractivity contribution < 1.29 is 9.90 Å². The molecule has 1 saturated heterocycles. The highest BCUT2D eigenvalue weighted by Crippen LogP contribution is 2.38. The van der Waals surface area contributed by atoms with Gasteiger partial charge in [-0.25, -0.2) is 4.98 Å². The van der Waals surface area contributed by atoms with Crippen LogP contribution in [0.15, 0.2) is 36.7 Å². The Labute approximate surface area is 156 Å². The van der Waals surface area contributed by atoms with E-state index in [0.717, 1.165) is 23.9 Å². The van der Waals surface area contributed by atoms with Gasteiger partial charge in [-0.05, 0) is 25.7 Å². The van der Waals surface area contributed by atoms with Gasteiger partial charge in [0.05, 0.1) is 18.3 Å². The van der Waals surface area contributed by atoms with Gasteiger partial charge in [-0.15, -0.1) is 5.10 Å². The number of carbonyl (C=O) groups is 1. The van der Waals surface area contributed by atoms with Gasteiger partial charge in [-0.1, -0.05) is 29.5 Å². The highest BCUT2D eigenvalue weighted by molar-refractivity contribution is 6.01. The second-order valence-corrected chi connectivity index (χ2v) is 7.48. The SMILES string of the molecule is O=C(c1ncc2ccccc2c1O)N1CCC[C@H]1Cn1cc(C2CC2)nn1. The summed E-state index contributed by atoms with van der Waals surface area (Å²) in [5.74, 6) is 0.308. The first-order valence-electron chi connectivity index (χ1n) is 9.48. The maximum atomic E-state index is 13.1. The first-order chi connectivity index (χ1) is 13.2. The summed E-state index contributed by atoms with van der Waals surface area (Å²) < 4.78 is 1.84. The molecule has 7 nitrogen and oxygen atoms in total. The summed E-state index contributed by atoms with van der Waals surface area (Å²) in [6, 6.07) is 7.45. The van der Waals surface area contributed by atoms with E-state index in [1.54, 1.807) is 12.3 Å². The molecule has 1 amide bonds. The fraction of sp³-hybridized carbons (Fsp3) is 0.400. The number of carbonyl (C=O) groups excluding carboxylic acids is 1. The molecule has 1 saturated carbocycles. The molecule has 2 aromatic heterocycles. The van der Waals surface area contributed by atoms with Crippen molar-refractivity contribution in [3.05, 3.63) is 48.0 Å². The molecule has 7 heteroatoms. The van der Waals surface area contributed by atoms with E-state index in [0.29, 0.717) is 24.4 Å². The molecule has 1 aliphatic carbocycles. The Morgan fingerprint density at radius 2 is 2.07 bits per heavy atom. The average molecular weight is 363 g/mol. The van der Waals surface area contributed by atoms with E-state index in [2.05, 4.69) is 15.3 Å². The monoisotopic (exact) mass is 363 g/mol. The molecule has 5 rings (SSSR count). The van der Waals surface area contributed by atoms with Crippen molar-refractivity contribution in [3.63, 3.8) is 0 Å². The second kappa shape index (κ2) is 6.33. The molecule has 3 heterocycles. The van der Waals surface area contributed by atoms with Crippen LogP contribution in [0.4, 0.5) is 0 Å². The van der Waals surface area contributed by atoms with Gasteiger partial charge in [-0.3, -0.25) is 9.48 Å². The molecule has 3 aromatic rings. The van der Waals surface area contributed by atoms with Crippen LogP contribution in [-0.2, 0) is 6.54 Å². The van der Waals surface area contributed by atoms with Crippen LogP contribution in [0.5, 0.6) is 5.75 Å². The number of fused-ring (bicyclic) bond motifs is 1. The van der Waals surface area contributed by atoms with Crippen LogP contribution in [0, 0.1) is 0 Å². The van der Waals surface area contributed by atoms with Crippen LogP contribution < -0.4 is 0 Å². The summed E-state index contributed by atoms with van der Waals surface area (Å²) in [6.07, 6.45) is 7.89. The van der Waals surface area contributed by atoms with Crippen molar-refractivity contribution in [1.82, 2.24) is 24.9 Å². The van der Waals surface area contributed by atoms with Crippen molar-refractivity contribution >= 4 is 16.7 Å². The maximum absolute atomic E-state index is 13.1. The molecule has 0 bridgehead atoms. The first kappa shape index (κ1) is 16.2. The smallest absolute Gasteiger partial charge is 0.276 e. The van der Waals surface area contributed by atoms with Gasteiger partial charge in [0.2, 0.25) is 0 Å². The highest BCUT2D eigenvalue weighted by Gasteiger charge is 2.33. The Morgan fingerprint density at radius 3 is 2.93 bits per heavy atom. The van der Waals surface area contributed by atoms with Crippen LogP contribution in [0.2, 0.25) is 0 Å². The Morgan fingerprint density at radius 1 is 1.22 bits per heavy atom. The van der Waals surface area contributed by atoms with Crippen LogP contribution in [0.3, 0.4) is 0 Å². The lowest BCUT2D eigenvalue weighted by Crippen LogP contribution is -2.38. The van der Waals surface area contributed by atoms with Crippen molar-refractivity contribution in [2.24, 2.45) is 0 Å². The minimum atomic E-state index is -0.219. The number of benzene rings is 1. The number of rotatable bonds is 4. The van der Waals surface area contributed by atoms with Gasteiger partial charge in [0.15, 0.2) is 11.4 Å². The number of aromatic hydroxyl groups is 1. The molecule has 0 radical (unpaired) electrons. The molecular weight excluding hydrogens is 342 g/mol. The van der Waals surface area contributed by atoms with Gasteiger partial charge in [0.1, 0.15) is 0 Å². The number of hydrogen-bond acceptors (Lipinski definition) is 5. The third kappa shape index (κ3) is 2.93. The van der Waals surface area contributed by atoms with Gasteiger partial charge >= 0.3 is 0 Å².